The van der Waals surface area contributed by atoms with E-state index in [1.807, 2.05) is 12.1 Å². The summed E-state index contributed by atoms with van der Waals surface area (Å²) in [4.78, 5) is 16.3. The standard InChI is InChI=1S/C28H27F3N4O2S/c29-28(30,31)37-19-11-9-18(10-12-19)25(20-5-1-3-7-22(20)36)34-13-15-35(16-14-34)26-24-21-6-2-4-8-23(21)38-27(24)33-17-32-26/h1,3,5,7,9-12,17,25,36H,2,4,6,8,13-16H2. The molecule has 38 heavy (non-hydrogen) atoms. The molecule has 3 heterocycles. The van der Waals surface area contributed by atoms with E-state index < -0.39 is 6.36 Å². The van der Waals surface area contributed by atoms with Gasteiger partial charge in [0.05, 0.1) is 11.4 Å². The number of thiophene rings is 1. The number of phenolic OH excluding ortho intramolecular Hbond substituents is 1. The van der Waals surface area contributed by atoms with Gasteiger partial charge in [0, 0.05) is 36.6 Å². The molecule has 1 atom stereocenters. The maximum absolute atomic E-state index is 12.7. The van der Waals surface area contributed by atoms with E-state index >= 15 is 0 Å². The number of aromatic hydroxyl groups is 1. The number of alkyl halides is 3. The highest BCUT2D eigenvalue weighted by molar-refractivity contribution is 7.19. The van der Waals surface area contributed by atoms with Gasteiger partial charge >= 0.3 is 6.36 Å². The molecule has 0 spiro atoms. The van der Waals surface area contributed by atoms with Crippen molar-refractivity contribution in [1.29, 1.82) is 0 Å². The van der Waals surface area contributed by atoms with Gasteiger partial charge in [-0.05, 0) is 55.0 Å². The molecule has 1 unspecified atom stereocenters. The lowest BCUT2D eigenvalue weighted by molar-refractivity contribution is -0.274. The molecule has 198 valence electrons. The lowest BCUT2D eigenvalue weighted by Gasteiger charge is -2.40. The SMILES string of the molecule is Oc1ccccc1C(c1ccc(OC(F)(F)F)cc1)N1CCN(c2ncnc3sc4c(c23)CCCC4)CC1. The first-order valence-electron chi connectivity index (χ1n) is 12.8. The minimum absolute atomic E-state index is 0.151. The van der Waals surface area contributed by atoms with Crippen LogP contribution in [0.15, 0.2) is 54.9 Å². The third kappa shape index (κ3) is 4.90. The number of phenols is 1. The Hall–Kier alpha value is -3.37. The summed E-state index contributed by atoms with van der Waals surface area (Å²) in [5, 5.41) is 11.9. The van der Waals surface area contributed by atoms with Crippen LogP contribution in [0.25, 0.3) is 10.2 Å². The van der Waals surface area contributed by atoms with Gasteiger partial charge in [-0.3, -0.25) is 4.90 Å². The molecule has 1 fully saturated rings. The van der Waals surface area contributed by atoms with Gasteiger partial charge in [-0.2, -0.15) is 0 Å². The lowest BCUT2D eigenvalue weighted by atomic mass is 9.95. The number of halogens is 3. The van der Waals surface area contributed by atoms with E-state index in [0.717, 1.165) is 42.1 Å². The molecule has 1 saturated heterocycles. The Morgan fingerprint density at radius 1 is 0.921 bits per heavy atom. The molecule has 2 aromatic carbocycles. The quantitative estimate of drug-likeness (QED) is 0.331. The van der Waals surface area contributed by atoms with Gasteiger partial charge in [0.1, 0.15) is 28.5 Å². The lowest BCUT2D eigenvalue weighted by Crippen LogP contribution is -2.48. The Morgan fingerprint density at radius 3 is 2.39 bits per heavy atom. The first-order valence-corrected chi connectivity index (χ1v) is 13.6. The first kappa shape index (κ1) is 24.9. The number of benzene rings is 2. The summed E-state index contributed by atoms with van der Waals surface area (Å²) in [6.45, 7) is 2.85. The Labute approximate surface area is 222 Å². The van der Waals surface area contributed by atoms with Crippen LogP contribution in [0.3, 0.4) is 0 Å². The number of ether oxygens (including phenoxy) is 1. The molecule has 1 aliphatic carbocycles. The monoisotopic (exact) mass is 540 g/mol. The van der Waals surface area contributed by atoms with E-state index in [0.29, 0.717) is 18.7 Å². The molecule has 1 N–H and O–H groups in total. The fourth-order valence-electron chi connectivity index (χ4n) is 5.66. The van der Waals surface area contributed by atoms with Gasteiger partial charge in [-0.25, -0.2) is 9.97 Å². The molecule has 10 heteroatoms. The van der Waals surface area contributed by atoms with Crippen LogP contribution in [-0.2, 0) is 12.8 Å². The zero-order valence-electron chi connectivity index (χ0n) is 20.6. The zero-order valence-corrected chi connectivity index (χ0v) is 21.4. The highest BCUT2D eigenvalue weighted by Crippen LogP contribution is 2.40. The summed E-state index contributed by atoms with van der Waals surface area (Å²) in [6, 6.07) is 12.7. The smallest absolute Gasteiger partial charge is 0.508 e. The second-order valence-corrected chi connectivity index (χ2v) is 10.8. The van der Waals surface area contributed by atoms with Crippen LogP contribution < -0.4 is 9.64 Å². The van der Waals surface area contributed by atoms with Gasteiger partial charge < -0.3 is 14.7 Å². The van der Waals surface area contributed by atoms with Crippen molar-refractivity contribution in [1.82, 2.24) is 14.9 Å². The zero-order chi connectivity index (χ0) is 26.3. The molecule has 4 aromatic rings. The summed E-state index contributed by atoms with van der Waals surface area (Å²) in [5.41, 5.74) is 2.90. The summed E-state index contributed by atoms with van der Waals surface area (Å²) in [5.74, 6) is 0.869. The van der Waals surface area contributed by atoms with Crippen molar-refractivity contribution in [3.05, 3.63) is 76.4 Å². The number of nitrogens with zero attached hydrogens (tertiary/aromatic N) is 4. The number of anilines is 1. The predicted molar refractivity (Wildman–Crippen MR) is 141 cm³/mol. The molecule has 0 bridgehead atoms. The molecular weight excluding hydrogens is 513 g/mol. The van der Waals surface area contributed by atoms with Crippen LogP contribution in [0, 0.1) is 0 Å². The maximum Gasteiger partial charge on any atom is 0.573 e. The van der Waals surface area contributed by atoms with Crippen LogP contribution in [0.4, 0.5) is 19.0 Å². The minimum atomic E-state index is -4.75. The first-order chi connectivity index (χ1) is 18.4. The highest BCUT2D eigenvalue weighted by atomic mass is 32.1. The Kier molecular flexibility index (Phi) is 6.61. The van der Waals surface area contributed by atoms with E-state index in [1.54, 1.807) is 41.9 Å². The molecule has 0 amide bonds. The average Bonchev–Trinajstić information content (AvgIpc) is 3.29. The van der Waals surface area contributed by atoms with Crippen LogP contribution in [0.2, 0.25) is 0 Å². The Morgan fingerprint density at radius 2 is 1.66 bits per heavy atom. The third-order valence-electron chi connectivity index (χ3n) is 7.37. The fraction of sp³-hybridized carbons (Fsp3) is 0.357. The fourth-order valence-corrected chi connectivity index (χ4v) is 6.89. The molecule has 2 aliphatic rings. The predicted octanol–water partition coefficient (Wildman–Crippen LogP) is 6.09. The van der Waals surface area contributed by atoms with E-state index in [-0.39, 0.29) is 17.5 Å². The van der Waals surface area contributed by atoms with Crippen LogP contribution in [0.1, 0.15) is 40.5 Å². The van der Waals surface area contributed by atoms with Crippen molar-refractivity contribution in [2.45, 2.75) is 38.1 Å². The molecule has 6 rings (SSSR count). The van der Waals surface area contributed by atoms with Gasteiger partial charge in [0.2, 0.25) is 0 Å². The molecule has 0 saturated carbocycles. The number of rotatable bonds is 5. The number of hydrogen-bond donors (Lipinski definition) is 1. The van der Waals surface area contributed by atoms with Crippen molar-refractivity contribution in [3.8, 4) is 11.5 Å². The van der Waals surface area contributed by atoms with Gasteiger partial charge in [0.15, 0.2) is 0 Å². The molecular formula is C28H27F3N4O2S. The highest BCUT2D eigenvalue weighted by Gasteiger charge is 2.32. The van der Waals surface area contributed by atoms with Crippen molar-refractivity contribution < 1.29 is 23.0 Å². The average molecular weight is 541 g/mol. The van der Waals surface area contributed by atoms with Gasteiger partial charge in [-0.1, -0.05) is 30.3 Å². The second-order valence-electron chi connectivity index (χ2n) is 9.69. The van der Waals surface area contributed by atoms with Gasteiger partial charge in [-0.15, -0.1) is 24.5 Å². The van der Waals surface area contributed by atoms with Crippen LogP contribution >= 0.6 is 11.3 Å². The number of para-hydroxylation sites is 1. The number of piperazine rings is 1. The van der Waals surface area contributed by atoms with Gasteiger partial charge in [0.25, 0.3) is 0 Å². The summed E-state index contributed by atoms with van der Waals surface area (Å²) >= 11 is 1.79. The number of fused-ring (bicyclic) bond motifs is 3. The van der Waals surface area contributed by atoms with Crippen molar-refractivity contribution in [2.75, 3.05) is 31.1 Å². The summed E-state index contributed by atoms with van der Waals surface area (Å²) in [6.07, 6.45) is 1.50. The number of hydrogen-bond acceptors (Lipinski definition) is 7. The maximum atomic E-state index is 12.7. The molecule has 1 aliphatic heterocycles. The van der Waals surface area contributed by atoms with Crippen molar-refractivity contribution in [2.24, 2.45) is 0 Å². The Bertz CT molecular complexity index is 1430. The van der Waals surface area contributed by atoms with E-state index in [1.165, 1.54) is 40.8 Å². The number of aromatic nitrogens is 2. The Balaban J connectivity index is 1.27. The normalized spacial score (nSPS) is 17.4. The van der Waals surface area contributed by atoms with Crippen LogP contribution in [-0.4, -0.2) is 52.5 Å². The van der Waals surface area contributed by atoms with Crippen molar-refractivity contribution in [3.63, 3.8) is 0 Å². The van der Waals surface area contributed by atoms with E-state index in [9.17, 15) is 18.3 Å². The summed E-state index contributed by atoms with van der Waals surface area (Å²) in [7, 11) is 0. The third-order valence-corrected chi connectivity index (χ3v) is 8.57. The van der Waals surface area contributed by atoms with Crippen LogP contribution in [0.5, 0.6) is 11.5 Å². The summed E-state index contributed by atoms with van der Waals surface area (Å²) < 4.78 is 42.1. The van der Waals surface area contributed by atoms with E-state index in [2.05, 4.69) is 19.5 Å². The minimum Gasteiger partial charge on any atom is -0.508 e. The molecule has 2 aromatic heterocycles. The number of aryl methyl sites for hydroxylation is 2. The molecule has 0 radical (unpaired) electrons. The largest absolute Gasteiger partial charge is 0.573 e. The molecule has 6 nitrogen and oxygen atoms in total. The topological polar surface area (TPSA) is 61.7 Å². The second kappa shape index (κ2) is 10.1. The van der Waals surface area contributed by atoms with E-state index in [4.69, 9.17) is 4.98 Å². The van der Waals surface area contributed by atoms with Crippen molar-refractivity contribution >= 4 is 27.4 Å².